The molecule has 0 radical (unpaired) electrons. The zero-order valence-corrected chi connectivity index (χ0v) is 17.4. The molecule has 0 saturated heterocycles. The zero-order valence-electron chi connectivity index (χ0n) is 15.8. The van der Waals surface area contributed by atoms with E-state index in [0.717, 1.165) is 23.5 Å². The lowest BCUT2D eigenvalue weighted by atomic mass is 9.86. The van der Waals surface area contributed by atoms with Gasteiger partial charge in [-0.15, -0.1) is 11.3 Å². The Bertz CT molecular complexity index is 1140. The molecule has 3 aromatic rings. The molecule has 1 N–H and O–H groups in total. The number of aromatic nitrogens is 2. The molecule has 2 saturated carbocycles. The summed E-state index contributed by atoms with van der Waals surface area (Å²) in [4.78, 5) is 32.8. The fourth-order valence-electron chi connectivity index (χ4n) is 4.99. The molecule has 2 bridgehead atoms. The normalized spacial score (nSPS) is 23.0. The molecular formula is C22H21ClN2O3S. The van der Waals surface area contributed by atoms with Gasteiger partial charge in [-0.3, -0.25) is 9.59 Å². The number of carbonyl (C=O) groups is 1. The van der Waals surface area contributed by atoms with E-state index in [1.54, 1.807) is 6.07 Å². The van der Waals surface area contributed by atoms with Crippen molar-refractivity contribution in [1.29, 1.82) is 0 Å². The van der Waals surface area contributed by atoms with Gasteiger partial charge in [0, 0.05) is 28.0 Å². The number of hydrogen-bond acceptors (Lipinski definition) is 5. The summed E-state index contributed by atoms with van der Waals surface area (Å²) >= 11 is 7.68. The van der Waals surface area contributed by atoms with Crippen LogP contribution in [0.25, 0.3) is 21.3 Å². The van der Waals surface area contributed by atoms with Crippen molar-refractivity contribution in [1.82, 2.24) is 9.97 Å². The number of thiophene rings is 1. The maximum atomic E-state index is 12.7. The number of nitrogens with zero attached hydrogens (tertiary/aromatic N) is 1. The molecule has 1 aromatic carbocycles. The van der Waals surface area contributed by atoms with Gasteiger partial charge < -0.3 is 9.72 Å². The van der Waals surface area contributed by atoms with E-state index in [9.17, 15) is 9.59 Å². The largest absolute Gasteiger partial charge is 0.458 e. The Morgan fingerprint density at radius 1 is 1.24 bits per heavy atom. The molecule has 5 rings (SSSR count). The molecular weight excluding hydrogens is 408 g/mol. The highest BCUT2D eigenvalue weighted by atomic mass is 35.5. The monoisotopic (exact) mass is 428 g/mol. The number of halogens is 1. The summed E-state index contributed by atoms with van der Waals surface area (Å²) < 4.78 is 5.42. The van der Waals surface area contributed by atoms with Crippen LogP contribution in [0.3, 0.4) is 0 Å². The van der Waals surface area contributed by atoms with Crippen LogP contribution < -0.4 is 5.56 Å². The van der Waals surface area contributed by atoms with Crippen LogP contribution >= 0.6 is 22.9 Å². The summed E-state index contributed by atoms with van der Waals surface area (Å²) in [5, 5.41) is 2.99. The van der Waals surface area contributed by atoms with Crippen molar-refractivity contribution in [2.75, 3.05) is 0 Å². The minimum atomic E-state index is -0.245. The first-order valence-corrected chi connectivity index (χ1v) is 11.2. The quantitative estimate of drug-likeness (QED) is 0.568. The molecule has 3 atom stereocenters. The molecule has 0 unspecified atom stereocenters. The van der Waals surface area contributed by atoms with Crippen molar-refractivity contribution in [3.05, 3.63) is 50.8 Å². The summed E-state index contributed by atoms with van der Waals surface area (Å²) in [7, 11) is 0. The van der Waals surface area contributed by atoms with Crippen LogP contribution in [-0.2, 0) is 16.1 Å². The number of nitrogens with one attached hydrogen (secondary N) is 1. The smallest absolute Gasteiger partial charge is 0.306 e. The SMILES string of the molecule is O=C(C[C@H]1C[C@H]2CC[C@@H]1C2)OCc1nc2scc(-c3ccccc3Cl)c2c(=O)[nH]1. The average molecular weight is 429 g/mol. The highest BCUT2D eigenvalue weighted by molar-refractivity contribution is 7.17. The number of benzene rings is 1. The zero-order chi connectivity index (χ0) is 20.0. The van der Waals surface area contributed by atoms with Gasteiger partial charge in [-0.05, 0) is 43.1 Å². The fourth-order valence-corrected chi connectivity index (χ4v) is 6.18. The molecule has 2 aliphatic rings. The molecule has 5 nitrogen and oxygen atoms in total. The van der Waals surface area contributed by atoms with E-state index in [2.05, 4.69) is 9.97 Å². The lowest BCUT2D eigenvalue weighted by molar-refractivity contribution is -0.146. The lowest BCUT2D eigenvalue weighted by Crippen LogP contribution is -2.18. The number of ether oxygens (including phenoxy) is 1. The molecule has 2 fully saturated rings. The third kappa shape index (κ3) is 3.60. The van der Waals surface area contributed by atoms with Gasteiger partial charge in [0.1, 0.15) is 17.3 Å². The number of fused-ring (bicyclic) bond motifs is 3. The predicted octanol–water partition coefficient (Wildman–Crippen LogP) is 5.17. The molecule has 0 aliphatic heterocycles. The van der Waals surface area contributed by atoms with Crippen molar-refractivity contribution in [2.45, 2.75) is 38.7 Å². The van der Waals surface area contributed by atoms with Crippen LogP contribution in [-0.4, -0.2) is 15.9 Å². The molecule has 150 valence electrons. The van der Waals surface area contributed by atoms with Crippen molar-refractivity contribution in [3.8, 4) is 11.1 Å². The van der Waals surface area contributed by atoms with Crippen LogP contribution in [0.4, 0.5) is 0 Å². The first-order valence-electron chi connectivity index (χ1n) is 9.99. The van der Waals surface area contributed by atoms with E-state index < -0.39 is 0 Å². The van der Waals surface area contributed by atoms with Crippen LogP contribution in [0.1, 0.15) is 37.9 Å². The topological polar surface area (TPSA) is 72.0 Å². The van der Waals surface area contributed by atoms with Gasteiger partial charge in [0.2, 0.25) is 0 Å². The summed E-state index contributed by atoms with van der Waals surface area (Å²) in [6, 6.07) is 7.42. The van der Waals surface area contributed by atoms with Crippen LogP contribution in [0.2, 0.25) is 5.02 Å². The van der Waals surface area contributed by atoms with E-state index in [0.29, 0.717) is 39.3 Å². The summed E-state index contributed by atoms with van der Waals surface area (Å²) in [5.41, 5.74) is 1.33. The molecule has 0 amide bonds. The second-order valence-corrected chi connectivity index (χ2v) is 9.39. The van der Waals surface area contributed by atoms with Gasteiger partial charge in [0.15, 0.2) is 0 Å². The summed E-state index contributed by atoms with van der Waals surface area (Å²) in [5.74, 6) is 2.14. The molecule has 0 spiro atoms. The summed E-state index contributed by atoms with van der Waals surface area (Å²) in [6.07, 6.45) is 5.47. The van der Waals surface area contributed by atoms with Crippen molar-refractivity contribution >= 4 is 39.1 Å². The Morgan fingerprint density at radius 3 is 2.86 bits per heavy atom. The van der Waals surface area contributed by atoms with E-state index in [-0.39, 0.29) is 18.1 Å². The first-order chi connectivity index (χ1) is 14.1. The molecule has 7 heteroatoms. The maximum Gasteiger partial charge on any atom is 0.306 e. The standard InChI is InChI=1S/C22H21ClN2O3S/c23-17-4-2-1-3-15(17)16-11-29-22-20(16)21(27)24-18(25-22)10-28-19(26)9-14-8-12-5-6-13(14)7-12/h1-4,11-14H,5-10H2,(H,24,25,27)/t12-,13+,14+/m0/s1. The van der Waals surface area contributed by atoms with Crippen molar-refractivity contribution in [3.63, 3.8) is 0 Å². The number of rotatable bonds is 5. The number of esters is 1. The lowest BCUT2D eigenvalue weighted by Gasteiger charge is -2.20. The fraction of sp³-hybridized carbons (Fsp3) is 0.409. The van der Waals surface area contributed by atoms with E-state index in [1.807, 2.05) is 23.6 Å². The second kappa shape index (κ2) is 7.58. The van der Waals surface area contributed by atoms with Gasteiger partial charge >= 0.3 is 5.97 Å². The molecule has 2 heterocycles. The Hall–Kier alpha value is -2.18. The van der Waals surface area contributed by atoms with E-state index in [4.69, 9.17) is 16.3 Å². The second-order valence-electron chi connectivity index (χ2n) is 8.12. The van der Waals surface area contributed by atoms with Gasteiger partial charge in [-0.2, -0.15) is 0 Å². The summed E-state index contributed by atoms with van der Waals surface area (Å²) in [6.45, 7) is -0.00977. The van der Waals surface area contributed by atoms with Gasteiger partial charge in [-0.25, -0.2) is 4.98 Å². The van der Waals surface area contributed by atoms with Gasteiger partial charge in [0.25, 0.3) is 5.56 Å². The van der Waals surface area contributed by atoms with Crippen LogP contribution in [0, 0.1) is 17.8 Å². The first kappa shape index (κ1) is 18.8. The minimum Gasteiger partial charge on any atom is -0.458 e. The van der Waals surface area contributed by atoms with Gasteiger partial charge in [-0.1, -0.05) is 36.2 Å². The predicted molar refractivity (Wildman–Crippen MR) is 114 cm³/mol. The molecule has 2 aromatic heterocycles. The molecule has 29 heavy (non-hydrogen) atoms. The Kier molecular flexibility index (Phi) is 4.92. The minimum absolute atomic E-state index is 0.00977. The third-order valence-corrected chi connectivity index (χ3v) is 7.54. The Morgan fingerprint density at radius 2 is 2.10 bits per heavy atom. The van der Waals surface area contributed by atoms with Crippen molar-refractivity contribution < 1.29 is 9.53 Å². The number of carbonyl (C=O) groups excluding carboxylic acids is 1. The van der Waals surface area contributed by atoms with Crippen molar-refractivity contribution in [2.24, 2.45) is 17.8 Å². The highest BCUT2D eigenvalue weighted by Gasteiger charge is 2.40. The number of hydrogen-bond donors (Lipinski definition) is 1. The maximum absolute atomic E-state index is 12.7. The third-order valence-electron chi connectivity index (χ3n) is 6.34. The molecule has 2 aliphatic carbocycles. The van der Waals surface area contributed by atoms with Crippen LogP contribution in [0.15, 0.2) is 34.4 Å². The highest BCUT2D eigenvalue weighted by Crippen LogP contribution is 2.49. The number of H-pyrrole nitrogens is 1. The Labute approximate surface area is 177 Å². The van der Waals surface area contributed by atoms with Gasteiger partial charge in [0.05, 0.1) is 5.39 Å². The van der Waals surface area contributed by atoms with Crippen LogP contribution in [0.5, 0.6) is 0 Å². The average Bonchev–Trinajstić information content (AvgIpc) is 3.42. The number of aromatic amines is 1. The van der Waals surface area contributed by atoms with E-state index >= 15 is 0 Å². The van der Waals surface area contributed by atoms with E-state index in [1.165, 1.54) is 30.6 Å². The Balaban J connectivity index is 1.31.